The third-order valence-corrected chi connectivity index (χ3v) is 5.76. The Bertz CT molecular complexity index is 1220. The van der Waals surface area contributed by atoms with Gasteiger partial charge < -0.3 is 10.1 Å². The van der Waals surface area contributed by atoms with Crippen LogP contribution in [-0.2, 0) is 17.2 Å². The van der Waals surface area contributed by atoms with Crippen molar-refractivity contribution in [2.24, 2.45) is 5.41 Å². The molecule has 1 aromatic carbocycles. The number of halogens is 1. The lowest BCUT2D eigenvalue weighted by Gasteiger charge is -2.32. The van der Waals surface area contributed by atoms with E-state index in [2.05, 4.69) is 37.1 Å². The van der Waals surface area contributed by atoms with Gasteiger partial charge in [-0.2, -0.15) is 10.4 Å². The summed E-state index contributed by atoms with van der Waals surface area (Å²) < 4.78 is 7.36. The standard InChI is InChI=1S/C27H32ClN5O2/c1-26(2,3)22(31-25(34)35-27(4,5)6)17-33-21(15-28)23(19-10-12-30-13-11-19)24(32-33)20-9-7-8-18(14-20)16-29/h7-14,22H,15,17H2,1-6H3,(H,31,34)/t22-/m0/s1. The van der Waals surface area contributed by atoms with Crippen molar-refractivity contribution in [3.05, 3.63) is 60.0 Å². The van der Waals surface area contributed by atoms with Crippen molar-refractivity contribution in [2.45, 2.75) is 65.6 Å². The van der Waals surface area contributed by atoms with Crippen LogP contribution < -0.4 is 5.32 Å². The molecule has 0 radical (unpaired) electrons. The molecule has 2 aromatic heterocycles. The number of ether oxygens (including phenoxy) is 1. The topological polar surface area (TPSA) is 92.8 Å². The molecule has 0 bridgehead atoms. The van der Waals surface area contributed by atoms with E-state index in [-0.39, 0.29) is 17.3 Å². The number of amides is 1. The Balaban J connectivity index is 2.11. The Hall–Kier alpha value is -3.37. The second-order valence-corrected chi connectivity index (χ2v) is 10.7. The number of carbonyl (C=O) groups is 1. The van der Waals surface area contributed by atoms with Crippen LogP contribution in [0.15, 0.2) is 48.8 Å². The molecule has 3 aromatic rings. The first-order valence-corrected chi connectivity index (χ1v) is 12.0. The Morgan fingerprint density at radius 1 is 1.14 bits per heavy atom. The summed E-state index contributed by atoms with van der Waals surface area (Å²) >= 11 is 6.50. The summed E-state index contributed by atoms with van der Waals surface area (Å²) in [7, 11) is 0. The fourth-order valence-corrected chi connectivity index (χ4v) is 3.97. The average Bonchev–Trinajstić information content (AvgIpc) is 3.15. The summed E-state index contributed by atoms with van der Waals surface area (Å²) in [6, 6.07) is 13.1. The minimum absolute atomic E-state index is 0.214. The van der Waals surface area contributed by atoms with E-state index in [0.717, 1.165) is 22.4 Å². The zero-order valence-electron chi connectivity index (χ0n) is 21.1. The van der Waals surface area contributed by atoms with Gasteiger partial charge in [-0.15, -0.1) is 11.6 Å². The van der Waals surface area contributed by atoms with Crippen molar-refractivity contribution in [3.8, 4) is 28.5 Å². The smallest absolute Gasteiger partial charge is 0.407 e. The van der Waals surface area contributed by atoms with Crippen molar-refractivity contribution in [3.63, 3.8) is 0 Å². The number of benzene rings is 1. The van der Waals surface area contributed by atoms with Crippen LogP contribution in [0.1, 0.15) is 52.8 Å². The van der Waals surface area contributed by atoms with Crippen LogP contribution in [0.4, 0.5) is 4.79 Å². The number of hydrogen-bond acceptors (Lipinski definition) is 5. The first kappa shape index (κ1) is 26.2. The first-order valence-electron chi connectivity index (χ1n) is 11.5. The number of nitriles is 1. The monoisotopic (exact) mass is 493 g/mol. The van der Waals surface area contributed by atoms with Crippen LogP contribution in [0.25, 0.3) is 22.4 Å². The molecule has 0 aliphatic heterocycles. The van der Waals surface area contributed by atoms with E-state index in [1.165, 1.54) is 0 Å². The van der Waals surface area contributed by atoms with Crippen LogP contribution >= 0.6 is 11.6 Å². The van der Waals surface area contributed by atoms with Gasteiger partial charge in [-0.25, -0.2) is 4.79 Å². The molecule has 0 spiro atoms. The van der Waals surface area contributed by atoms with Crippen molar-refractivity contribution in [1.29, 1.82) is 5.26 Å². The second-order valence-electron chi connectivity index (χ2n) is 10.5. The average molecular weight is 494 g/mol. The number of carbonyl (C=O) groups excluding carboxylic acids is 1. The first-order chi connectivity index (χ1) is 16.4. The molecule has 1 atom stereocenters. The van der Waals surface area contributed by atoms with Crippen LogP contribution in [-0.4, -0.2) is 32.5 Å². The van der Waals surface area contributed by atoms with Gasteiger partial charge in [0.05, 0.1) is 35.8 Å². The van der Waals surface area contributed by atoms with Gasteiger partial charge in [0.25, 0.3) is 0 Å². The normalized spacial score (nSPS) is 12.6. The molecule has 7 nitrogen and oxygen atoms in total. The van der Waals surface area contributed by atoms with E-state index < -0.39 is 11.7 Å². The molecule has 0 fully saturated rings. The molecule has 0 aliphatic rings. The molecule has 0 saturated carbocycles. The van der Waals surface area contributed by atoms with Crippen molar-refractivity contribution in [1.82, 2.24) is 20.1 Å². The molecule has 35 heavy (non-hydrogen) atoms. The second kappa shape index (κ2) is 10.5. The lowest BCUT2D eigenvalue weighted by molar-refractivity contribution is 0.0452. The summed E-state index contributed by atoms with van der Waals surface area (Å²) in [6.45, 7) is 12.1. The van der Waals surface area contributed by atoms with E-state index in [0.29, 0.717) is 17.8 Å². The maximum atomic E-state index is 12.6. The maximum absolute atomic E-state index is 12.6. The fourth-order valence-electron chi connectivity index (χ4n) is 3.70. The number of nitrogens with zero attached hydrogens (tertiary/aromatic N) is 4. The van der Waals surface area contributed by atoms with E-state index >= 15 is 0 Å². The molecular formula is C27H32ClN5O2. The quantitative estimate of drug-likeness (QED) is 0.415. The molecular weight excluding hydrogens is 462 g/mol. The van der Waals surface area contributed by atoms with E-state index in [1.54, 1.807) is 18.5 Å². The summed E-state index contributed by atoms with van der Waals surface area (Å²) in [5, 5.41) is 17.4. The van der Waals surface area contributed by atoms with Crippen molar-refractivity contribution >= 4 is 17.7 Å². The molecule has 1 amide bonds. The highest BCUT2D eigenvalue weighted by Gasteiger charge is 2.31. The third-order valence-electron chi connectivity index (χ3n) is 5.51. The van der Waals surface area contributed by atoms with Crippen LogP contribution in [0.5, 0.6) is 0 Å². The van der Waals surface area contributed by atoms with Crippen LogP contribution in [0, 0.1) is 16.7 Å². The van der Waals surface area contributed by atoms with Gasteiger partial charge in [0.15, 0.2) is 0 Å². The van der Waals surface area contributed by atoms with E-state index in [1.807, 2.05) is 55.8 Å². The predicted molar refractivity (Wildman–Crippen MR) is 138 cm³/mol. The molecule has 0 saturated heterocycles. The van der Waals surface area contributed by atoms with Gasteiger partial charge in [0.2, 0.25) is 0 Å². The molecule has 2 heterocycles. The lowest BCUT2D eigenvalue weighted by Crippen LogP contribution is -2.48. The van der Waals surface area contributed by atoms with Gasteiger partial charge in [-0.3, -0.25) is 9.67 Å². The Morgan fingerprint density at radius 2 is 1.83 bits per heavy atom. The van der Waals surface area contributed by atoms with Crippen molar-refractivity contribution < 1.29 is 9.53 Å². The molecule has 0 unspecified atom stereocenters. The number of aromatic nitrogens is 3. The molecule has 8 heteroatoms. The van der Waals surface area contributed by atoms with Crippen LogP contribution in [0.3, 0.4) is 0 Å². The van der Waals surface area contributed by atoms with E-state index in [9.17, 15) is 10.1 Å². The SMILES string of the molecule is CC(C)(C)OC(=O)N[C@@H](Cn1nc(-c2cccc(C#N)c2)c(-c2ccncc2)c1CCl)C(C)(C)C. The van der Waals surface area contributed by atoms with Gasteiger partial charge in [0, 0.05) is 23.5 Å². The van der Waals surface area contributed by atoms with Gasteiger partial charge in [-0.05, 0) is 56.0 Å². The highest BCUT2D eigenvalue weighted by molar-refractivity contribution is 6.17. The predicted octanol–water partition coefficient (Wildman–Crippen LogP) is 6.16. The zero-order valence-corrected chi connectivity index (χ0v) is 21.8. The van der Waals surface area contributed by atoms with Gasteiger partial charge >= 0.3 is 6.09 Å². The number of pyridine rings is 1. The molecule has 0 aliphatic carbocycles. The van der Waals surface area contributed by atoms with Gasteiger partial charge in [-0.1, -0.05) is 32.9 Å². The fraction of sp³-hybridized carbons (Fsp3) is 0.407. The number of alkyl carbamates (subject to hydrolysis) is 1. The molecule has 1 N–H and O–H groups in total. The zero-order chi connectivity index (χ0) is 25.8. The number of hydrogen-bond donors (Lipinski definition) is 1. The summed E-state index contributed by atoms with van der Waals surface area (Å²) in [4.78, 5) is 16.8. The molecule has 184 valence electrons. The summed E-state index contributed by atoms with van der Waals surface area (Å²) in [6.07, 6.45) is 2.97. The number of nitrogens with one attached hydrogen (secondary N) is 1. The largest absolute Gasteiger partial charge is 0.444 e. The Labute approximate surface area is 212 Å². The highest BCUT2D eigenvalue weighted by atomic mass is 35.5. The minimum Gasteiger partial charge on any atom is -0.444 e. The third kappa shape index (κ3) is 6.61. The maximum Gasteiger partial charge on any atom is 0.407 e. The lowest BCUT2D eigenvalue weighted by atomic mass is 9.86. The Morgan fingerprint density at radius 3 is 2.40 bits per heavy atom. The minimum atomic E-state index is -0.604. The van der Waals surface area contributed by atoms with Gasteiger partial charge in [0.1, 0.15) is 11.3 Å². The molecule has 3 rings (SSSR count). The van der Waals surface area contributed by atoms with Crippen LogP contribution in [0.2, 0.25) is 0 Å². The summed E-state index contributed by atoms with van der Waals surface area (Å²) in [5.74, 6) is 0.214. The number of rotatable bonds is 6. The Kier molecular flexibility index (Phi) is 7.86. The number of alkyl halides is 1. The van der Waals surface area contributed by atoms with Crippen molar-refractivity contribution in [2.75, 3.05) is 0 Å². The highest BCUT2D eigenvalue weighted by Crippen LogP contribution is 2.36. The summed E-state index contributed by atoms with van der Waals surface area (Å²) in [5.41, 5.74) is 3.80. The van der Waals surface area contributed by atoms with E-state index in [4.69, 9.17) is 21.4 Å².